The molecular weight excluding hydrogens is 300 g/mol. The lowest BCUT2D eigenvalue weighted by Gasteiger charge is -2.21. The average Bonchev–Trinajstić information content (AvgIpc) is 2.45. The molecule has 0 heterocycles. The van der Waals surface area contributed by atoms with Gasteiger partial charge < -0.3 is 9.47 Å². The normalized spacial score (nSPS) is 12.8. The lowest BCUT2D eigenvalue weighted by molar-refractivity contribution is -0.125. The van der Waals surface area contributed by atoms with Crippen LogP contribution in [-0.4, -0.2) is 24.4 Å². The minimum atomic E-state index is -0.531. The Balaban J connectivity index is 2.87. The highest BCUT2D eigenvalue weighted by molar-refractivity contribution is 6.31. The maximum Gasteiger partial charge on any atom is 0.161 e. The summed E-state index contributed by atoms with van der Waals surface area (Å²) in [6.45, 7) is 10.9. The summed E-state index contributed by atoms with van der Waals surface area (Å²) in [5, 5.41) is -0.531. The minimum absolute atomic E-state index is 0.0541. The van der Waals surface area contributed by atoms with Crippen LogP contribution in [-0.2, 0) is 11.2 Å². The number of carbonyl (C=O) groups is 1. The zero-order valence-electron chi connectivity index (χ0n) is 14.2. The highest BCUT2D eigenvalue weighted by Gasteiger charge is 2.28. The molecule has 0 radical (unpaired) electrons. The van der Waals surface area contributed by atoms with Gasteiger partial charge in [0.25, 0.3) is 0 Å². The summed E-state index contributed by atoms with van der Waals surface area (Å²) in [7, 11) is 0. The van der Waals surface area contributed by atoms with Crippen molar-refractivity contribution in [1.29, 1.82) is 0 Å². The molecule has 0 N–H and O–H groups in total. The molecule has 0 amide bonds. The number of rotatable bonds is 8. The maximum atomic E-state index is 12.2. The molecule has 1 aromatic carbocycles. The van der Waals surface area contributed by atoms with E-state index in [1.807, 2.05) is 45.9 Å². The number of Topliss-reactive ketones (excluding diaryl/α,β-unsaturated/α-hetero) is 1. The molecule has 3 nitrogen and oxygen atoms in total. The van der Waals surface area contributed by atoms with Crippen molar-refractivity contribution in [3.05, 3.63) is 23.8 Å². The molecule has 0 saturated carbocycles. The average molecular weight is 327 g/mol. The summed E-state index contributed by atoms with van der Waals surface area (Å²) in [5.74, 6) is 1.50. The molecule has 4 heteroatoms. The molecule has 1 atom stereocenters. The first-order valence-corrected chi connectivity index (χ1v) is 8.30. The van der Waals surface area contributed by atoms with Gasteiger partial charge in [-0.05, 0) is 37.5 Å². The first-order valence-electron chi connectivity index (χ1n) is 7.86. The molecule has 0 aromatic heterocycles. The van der Waals surface area contributed by atoms with E-state index in [1.54, 1.807) is 0 Å². The number of hydrogen-bond acceptors (Lipinski definition) is 3. The quantitative estimate of drug-likeness (QED) is 0.653. The molecule has 22 heavy (non-hydrogen) atoms. The fraction of sp³-hybridized carbons (Fsp3) is 0.611. The highest BCUT2D eigenvalue weighted by Crippen LogP contribution is 2.30. The van der Waals surface area contributed by atoms with Gasteiger partial charge in [0.05, 0.1) is 18.6 Å². The van der Waals surface area contributed by atoms with Crippen LogP contribution in [0.15, 0.2) is 18.2 Å². The Hall–Kier alpha value is -1.22. The molecule has 0 aliphatic heterocycles. The summed E-state index contributed by atoms with van der Waals surface area (Å²) < 4.78 is 11.3. The van der Waals surface area contributed by atoms with Crippen LogP contribution in [0.4, 0.5) is 0 Å². The van der Waals surface area contributed by atoms with Crippen LogP contribution < -0.4 is 9.47 Å². The fourth-order valence-electron chi connectivity index (χ4n) is 2.05. The van der Waals surface area contributed by atoms with E-state index in [4.69, 9.17) is 21.1 Å². The van der Waals surface area contributed by atoms with Crippen molar-refractivity contribution in [2.45, 2.75) is 52.8 Å². The molecule has 0 bridgehead atoms. The number of halogens is 1. The van der Waals surface area contributed by atoms with E-state index in [-0.39, 0.29) is 5.78 Å². The molecule has 1 rings (SSSR count). The van der Waals surface area contributed by atoms with Crippen LogP contribution >= 0.6 is 11.6 Å². The Bertz CT molecular complexity index is 492. The smallest absolute Gasteiger partial charge is 0.161 e. The Morgan fingerprint density at radius 3 is 2.41 bits per heavy atom. The first kappa shape index (κ1) is 18.8. The van der Waals surface area contributed by atoms with Gasteiger partial charge >= 0.3 is 0 Å². The van der Waals surface area contributed by atoms with E-state index in [0.717, 1.165) is 17.7 Å². The van der Waals surface area contributed by atoms with E-state index in [9.17, 15) is 4.79 Å². The third kappa shape index (κ3) is 5.53. The van der Waals surface area contributed by atoms with Crippen molar-refractivity contribution in [2.75, 3.05) is 13.2 Å². The van der Waals surface area contributed by atoms with E-state index >= 15 is 0 Å². The van der Waals surface area contributed by atoms with Gasteiger partial charge in [-0.1, -0.05) is 33.8 Å². The van der Waals surface area contributed by atoms with E-state index in [2.05, 4.69) is 6.92 Å². The van der Waals surface area contributed by atoms with E-state index in [0.29, 0.717) is 25.4 Å². The first-order chi connectivity index (χ1) is 10.3. The van der Waals surface area contributed by atoms with Crippen molar-refractivity contribution in [3.63, 3.8) is 0 Å². The van der Waals surface area contributed by atoms with Crippen molar-refractivity contribution in [3.8, 4) is 11.5 Å². The van der Waals surface area contributed by atoms with Crippen LogP contribution in [0.5, 0.6) is 11.5 Å². The molecule has 0 aliphatic rings. The SMILES string of the molecule is CCCOc1ccc(CC(Cl)C(=O)C(C)(C)C)cc1OCC. The number of ether oxygens (including phenoxy) is 2. The van der Waals surface area contributed by atoms with Crippen molar-refractivity contribution >= 4 is 17.4 Å². The summed E-state index contributed by atoms with van der Waals surface area (Å²) in [5.41, 5.74) is 0.546. The van der Waals surface area contributed by atoms with Gasteiger partial charge in [0.15, 0.2) is 17.3 Å². The second-order valence-corrected chi connectivity index (χ2v) is 6.88. The third-order valence-electron chi connectivity index (χ3n) is 3.21. The Kier molecular flexibility index (Phi) is 7.21. The second-order valence-electron chi connectivity index (χ2n) is 6.35. The van der Waals surface area contributed by atoms with Crippen LogP contribution in [0.25, 0.3) is 0 Å². The van der Waals surface area contributed by atoms with Gasteiger partial charge in [-0.15, -0.1) is 11.6 Å². The second kappa shape index (κ2) is 8.42. The van der Waals surface area contributed by atoms with E-state index < -0.39 is 10.8 Å². The standard InChI is InChI=1S/C18H27ClO3/c1-6-10-22-15-9-8-13(12-16(15)21-7-2)11-14(19)17(20)18(3,4)5/h8-9,12,14H,6-7,10-11H2,1-5H3. The minimum Gasteiger partial charge on any atom is -0.490 e. The molecule has 0 aliphatic carbocycles. The zero-order valence-corrected chi connectivity index (χ0v) is 15.0. The summed E-state index contributed by atoms with van der Waals surface area (Å²) >= 11 is 6.28. The number of carbonyl (C=O) groups excluding carboxylic acids is 1. The molecule has 0 saturated heterocycles. The van der Waals surface area contributed by atoms with Crippen LogP contribution in [0, 0.1) is 5.41 Å². The van der Waals surface area contributed by atoms with Crippen LogP contribution in [0.3, 0.4) is 0 Å². The van der Waals surface area contributed by atoms with Gasteiger partial charge in [-0.25, -0.2) is 0 Å². The molecule has 1 unspecified atom stereocenters. The van der Waals surface area contributed by atoms with Crippen molar-refractivity contribution < 1.29 is 14.3 Å². The Morgan fingerprint density at radius 1 is 1.18 bits per heavy atom. The Labute approximate surface area is 139 Å². The highest BCUT2D eigenvalue weighted by atomic mass is 35.5. The van der Waals surface area contributed by atoms with Gasteiger partial charge in [0.1, 0.15) is 0 Å². The summed E-state index contributed by atoms with van der Waals surface area (Å²) in [6.07, 6.45) is 1.43. The van der Waals surface area contributed by atoms with Gasteiger partial charge in [-0.2, -0.15) is 0 Å². The molecular formula is C18H27ClO3. The van der Waals surface area contributed by atoms with Crippen molar-refractivity contribution in [1.82, 2.24) is 0 Å². The summed E-state index contributed by atoms with van der Waals surface area (Å²) in [4.78, 5) is 12.2. The predicted molar refractivity (Wildman–Crippen MR) is 91.2 cm³/mol. The number of ketones is 1. The number of alkyl halides is 1. The number of benzene rings is 1. The molecule has 0 fully saturated rings. The topological polar surface area (TPSA) is 35.5 Å². The lowest BCUT2D eigenvalue weighted by Crippen LogP contribution is -2.30. The monoisotopic (exact) mass is 326 g/mol. The van der Waals surface area contributed by atoms with Gasteiger partial charge in [0.2, 0.25) is 0 Å². The fourth-order valence-corrected chi connectivity index (χ4v) is 2.55. The lowest BCUT2D eigenvalue weighted by atomic mass is 9.87. The maximum absolute atomic E-state index is 12.2. The number of hydrogen-bond donors (Lipinski definition) is 0. The van der Waals surface area contributed by atoms with Crippen molar-refractivity contribution in [2.24, 2.45) is 5.41 Å². The third-order valence-corrected chi connectivity index (χ3v) is 3.56. The zero-order chi connectivity index (χ0) is 16.8. The largest absolute Gasteiger partial charge is 0.490 e. The molecule has 124 valence electrons. The van der Waals surface area contributed by atoms with Gasteiger partial charge in [-0.3, -0.25) is 4.79 Å². The predicted octanol–water partition coefficient (Wildman–Crippen LogP) is 4.64. The Morgan fingerprint density at radius 2 is 1.86 bits per heavy atom. The molecule has 1 aromatic rings. The van der Waals surface area contributed by atoms with Crippen LogP contribution in [0.2, 0.25) is 0 Å². The molecule has 0 spiro atoms. The van der Waals surface area contributed by atoms with E-state index in [1.165, 1.54) is 0 Å². The van der Waals surface area contributed by atoms with Gasteiger partial charge in [0, 0.05) is 5.41 Å². The van der Waals surface area contributed by atoms with Crippen LogP contribution in [0.1, 0.15) is 46.6 Å². The summed E-state index contributed by atoms with van der Waals surface area (Å²) in [6, 6.07) is 5.75.